The van der Waals surface area contributed by atoms with Crippen molar-refractivity contribution in [2.24, 2.45) is 0 Å². The fourth-order valence-corrected chi connectivity index (χ4v) is 2.00. The van der Waals surface area contributed by atoms with E-state index in [0.717, 1.165) is 12.1 Å². The number of benzene rings is 1. The summed E-state index contributed by atoms with van der Waals surface area (Å²) in [6.07, 6.45) is -0.476. The second-order valence-corrected chi connectivity index (χ2v) is 4.73. The van der Waals surface area contributed by atoms with Crippen molar-refractivity contribution >= 4 is 17.6 Å². The summed E-state index contributed by atoms with van der Waals surface area (Å²) in [6, 6.07) is 5.61. The summed E-state index contributed by atoms with van der Waals surface area (Å²) in [6.45, 7) is 6.71. The number of rotatable bonds is 7. The smallest absolute Gasteiger partial charge is 0.344 e. The van der Waals surface area contributed by atoms with E-state index in [-0.39, 0.29) is 6.04 Å². The van der Waals surface area contributed by atoms with Crippen LogP contribution in [-0.2, 0) is 4.79 Å². The maximum atomic E-state index is 10.9. The van der Waals surface area contributed by atoms with Gasteiger partial charge in [0, 0.05) is 6.04 Å². The Morgan fingerprint density at radius 2 is 2.16 bits per heavy atom. The first kappa shape index (κ1) is 15.8. The molecule has 0 bridgehead atoms. The molecule has 106 valence electrons. The van der Waals surface area contributed by atoms with Crippen LogP contribution < -0.4 is 10.1 Å². The Balaban J connectivity index is 2.85. The summed E-state index contributed by atoms with van der Waals surface area (Å²) in [7, 11) is 0. The third-order valence-electron chi connectivity index (χ3n) is 2.88. The zero-order valence-electron chi connectivity index (χ0n) is 11.4. The molecule has 0 aliphatic carbocycles. The molecule has 0 aliphatic rings. The number of ether oxygens (including phenoxy) is 1. The summed E-state index contributed by atoms with van der Waals surface area (Å²) >= 11 is 6.13. The van der Waals surface area contributed by atoms with Crippen molar-refractivity contribution in [1.29, 1.82) is 0 Å². The molecule has 0 aromatic heterocycles. The number of nitrogens with one attached hydrogen (secondary N) is 1. The molecule has 0 radical (unpaired) electrons. The Kier molecular flexibility index (Phi) is 6.12. The molecule has 0 aliphatic heterocycles. The molecule has 1 rings (SSSR count). The minimum Gasteiger partial charge on any atom is -0.479 e. The molecule has 0 amide bonds. The number of aliphatic carboxylic acids is 1. The van der Waals surface area contributed by atoms with Gasteiger partial charge < -0.3 is 15.2 Å². The van der Waals surface area contributed by atoms with E-state index in [2.05, 4.69) is 5.32 Å². The van der Waals surface area contributed by atoms with Gasteiger partial charge in [0.2, 0.25) is 0 Å². The average molecular weight is 286 g/mol. The van der Waals surface area contributed by atoms with Gasteiger partial charge in [0.15, 0.2) is 6.10 Å². The molecule has 2 unspecified atom stereocenters. The molecule has 0 saturated heterocycles. The highest BCUT2D eigenvalue weighted by atomic mass is 35.5. The van der Waals surface area contributed by atoms with Gasteiger partial charge in [-0.1, -0.05) is 31.5 Å². The van der Waals surface area contributed by atoms with Crippen molar-refractivity contribution in [2.45, 2.75) is 39.3 Å². The Hall–Kier alpha value is -1.26. The van der Waals surface area contributed by atoms with E-state index in [9.17, 15) is 4.79 Å². The van der Waals surface area contributed by atoms with Gasteiger partial charge in [-0.25, -0.2) is 4.79 Å². The summed E-state index contributed by atoms with van der Waals surface area (Å²) in [4.78, 5) is 10.9. The maximum absolute atomic E-state index is 10.9. The third kappa shape index (κ3) is 4.40. The van der Waals surface area contributed by atoms with Gasteiger partial charge in [0.05, 0.1) is 5.02 Å². The van der Waals surface area contributed by atoms with Gasteiger partial charge in [0.25, 0.3) is 0 Å². The minimum absolute atomic E-state index is 0.193. The van der Waals surface area contributed by atoms with E-state index in [1.165, 1.54) is 0 Å². The normalized spacial score (nSPS) is 13.9. The number of carboxylic acids is 1. The first-order chi connectivity index (χ1) is 8.99. The number of halogens is 1. The van der Waals surface area contributed by atoms with Crippen LogP contribution in [0.5, 0.6) is 5.75 Å². The Labute approximate surface area is 118 Å². The molecule has 19 heavy (non-hydrogen) atoms. The maximum Gasteiger partial charge on any atom is 0.344 e. The molecule has 0 heterocycles. The van der Waals surface area contributed by atoms with Crippen molar-refractivity contribution in [3.63, 3.8) is 0 Å². The van der Waals surface area contributed by atoms with Crippen LogP contribution in [0.25, 0.3) is 0 Å². The largest absolute Gasteiger partial charge is 0.479 e. The van der Waals surface area contributed by atoms with E-state index in [0.29, 0.717) is 17.2 Å². The first-order valence-electron chi connectivity index (χ1n) is 6.41. The molecule has 0 fully saturated rings. The summed E-state index contributed by atoms with van der Waals surface area (Å²) in [5, 5.41) is 12.7. The van der Waals surface area contributed by atoms with Crippen LogP contribution in [0.1, 0.15) is 38.8 Å². The van der Waals surface area contributed by atoms with Crippen molar-refractivity contribution in [1.82, 2.24) is 5.32 Å². The summed E-state index contributed by atoms with van der Waals surface area (Å²) in [5.41, 5.74) is 1.04. The van der Waals surface area contributed by atoms with Crippen molar-refractivity contribution in [3.8, 4) is 5.75 Å². The van der Waals surface area contributed by atoms with E-state index < -0.39 is 12.1 Å². The van der Waals surface area contributed by atoms with Crippen molar-refractivity contribution < 1.29 is 14.6 Å². The Bertz CT molecular complexity index is 437. The SMILES string of the molecule is CCNC(C)c1ccc(OC(CC)C(=O)O)c(Cl)c1. The monoisotopic (exact) mass is 285 g/mol. The molecule has 0 spiro atoms. The fraction of sp³-hybridized carbons (Fsp3) is 0.500. The Morgan fingerprint density at radius 3 is 2.63 bits per heavy atom. The van der Waals surface area contributed by atoms with Gasteiger partial charge in [-0.3, -0.25) is 0 Å². The lowest BCUT2D eigenvalue weighted by molar-refractivity contribution is -0.145. The fourth-order valence-electron chi connectivity index (χ4n) is 1.77. The number of hydrogen-bond acceptors (Lipinski definition) is 3. The second kappa shape index (κ2) is 7.36. The quantitative estimate of drug-likeness (QED) is 0.807. The predicted octanol–water partition coefficient (Wildman–Crippen LogP) is 3.25. The van der Waals surface area contributed by atoms with Gasteiger partial charge >= 0.3 is 5.97 Å². The first-order valence-corrected chi connectivity index (χ1v) is 6.79. The van der Waals surface area contributed by atoms with Crippen LogP contribution in [0.4, 0.5) is 0 Å². The summed E-state index contributed by atoms with van der Waals surface area (Å²) < 4.78 is 5.40. The highest BCUT2D eigenvalue weighted by molar-refractivity contribution is 6.32. The zero-order valence-corrected chi connectivity index (χ0v) is 12.2. The molecule has 2 N–H and O–H groups in total. The molecule has 1 aromatic rings. The number of carbonyl (C=O) groups is 1. The average Bonchev–Trinajstić information content (AvgIpc) is 2.37. The molecule has 0 saturated carbocycles. The predicted molar refractivity (Wildman–Crippen MR) is 75.9 cm³/mol. The Morgan fingerprint density at radius 1 is 1.47 bits per heavy atom. The third-order valence-corrected chi connectivity index (χ3v) is 3.18. The van der Waals surface area contributed by atoms with Crippen LogP contribution >= 0.6 is 11.6 Å². The van der Waals surface area contributed by atoms with E-state index in [1.54, 1.807) is 19.1 Å². The zero-order chi connectivity index (χ0) is 14.4. The lowest BCUT2D eigenvalue weighted by atomic mass is 10.1. The minimum atomic E-state index is -0.983. The highest BCUT2D eigenvalue weighted by Crippen LogP contribution is 2.29. The van der Waals surface area contributed by atoms with Crippen LogP contribution in [-0.4, -0.2) is 23.7 Å². The molecule has 1 aromatic carbocycles. The molecule has 2 atom stereocenters. The number of hydrogen-bond donors (Lipinski definition) is 2. The van der Waals surface area contributed by atoms with Gasteiger partial charge in [-0.05, 0) is 37.6 Å². The number of carboxylic acid groups (broad SMARTS) is 1. The van der Waals surface area contributed by atoms with Gasteiger partial charge in [-0.15, -0.1) is 0 Å². The van der Waals surface area contributed by atoms with Crippen LogP contribution in [0.2, 0.25) is 5.02 Å². The standard InChI is InChI=1S/C14H20ClNO3/c1-4-12(14(17)18)19-13-7-6-10(8-11(13)15)9(3)16-5-2/h6-9,12,16H,4-5H2,1-3H3,(H,17,18). The second-order valence-electron chi connectivity index (χ2n) is 4.32. The molecular weight excluding hydrogens is 266 g/mol. The highest BCUT2D eigenvalue weighted by Gasteiger charge is 2.18. The van der Waals surface area contributed by atoms with Crippen LogP contribution in [0, 0.1) is 0 Å². The van der Waals surface area contributed by atoms with Crippen molar-refractivity contribution in [2.75, 3.05) is 6.54 Å². The summed E-state index contributed by atoms with van der Waals surface area (Å²) in [5.74, 6) is -0.577. The lowest BCUT2D eigenvalue weighted by Crippen LogP contribution is -2.26. The lowest BCUT2D eigenvalue weighted by Gasteiger charge is -2.17. The van der Waals surface area contributed by atoms with Crippen LogP contribution in [0.3, 0.4) is 0 Å². The van der Waals surface area contributed by atoms with E-state index >= 15 is 0 Å². The van der Waals surface area contributed by atoms with E-state index in [1.807, 2.05) is 19.9 Å². The van der Waals surface area contributed by atoms with Gasteiger partial charge in [-0.2, -0.15) is 0 Å². The molecule has 5 heteroatoms. The molecular formula is C14H20ClNO3. The topological polar surface area (TPSA) is 58.6 Å². The van der Waals surface area contributed by atoms with Crippen molar-refractivity contribution in [3.05, 3.63) is 28.8 Å². The van der Waals surface area contributed by atoms with Gasteiger partial charge in [0.1, 0.15) is 5.75 Å². The van der Waals surface area contributed by atoms with E-state index in [4.69, 9.17) is 21.4 Å². The molecule has 4 nitrogen and oxygen atoms in total. The van der Waals surface area contributed by atoms with Crippen LogP contribution in [0.15, 0.2) is 18.2 Å².